The van der Waals surface area contributed by atoms with Gasteiger partial charge in [0.2, 0.25) is 0 Å². The second kappa shape index (κ2) is 5.08. The van der Waals surface area contributed by atoms with Crippen molar-refractivity contribution in [2.75, 3.05) is 29.5 Å². The minimum atomic E-state index is 0.951. The van der Waals surface area contributed by atoms with Gasteiger partial charge in [0.25, 0.3) is 0 Å². The fourth-order valence-electron chi connectivity index (χ4n) is 1.74. The molecule has 1 aliphatic rings. The van der Waals surface area contributed by atoms with Gasteiger partial charge in [-0.2, -0.15) is 11.8 Å². The summed E-state index contributed by atoms with van der Waals surface area (Å²) >= 11 is 5.60. The number of hydrogen-bond acceptors (Lipinski definition) is 2. The zero-order chi connectivity index (χ0) is 9.80. The molecule has 1 aromatic carbocycles. The summed E-state index contributed by atoms with van der Waals surface area (Å²) in [6.07, 6.45) is 0. The minimum Gasteiger partial charge on any atom is -0.370 e. The maximum Gasteiger partial charge on any atom is 0.0407 e. The van der Waals surface area contributed by atoms with E-state index in [-0.39, 0.29) is 0 Å². The molecule has 1 aliphatic heterocycles. The lowest BCUT2D eigenvalue weighted by Gasteiger charge is -2.30. The predicted molar refractivity (Wildman–Crippen MR) is 68.6 cm³/mol. The van der Waals surface area contributed by atoms with Crippen LogP contribution in [-0.4, -0.2) is 24.6 Å². The van der Waals surface area contributed by atoms with Gasteiger partial charge in [-0.1, -0.05) is 34.1 Å². The molecular weight excluding hydrogens is 258 g/mol. The maximum atomic E-state index is 3.54. The standard InChI is InChI=1S/C11H14BrNS/c12-9-10-3-1-2-4-11(10)13-5-7-14-8-6-13/h1-4H,5-9H2. The van der Waals surface area contributed by atoms with E-state index in [1.807, 2.05) is 0 Å². The Labute approximate surface area is 98.0 Å². The van der Waals surface area contributed by atoms with Crippen molar-refractivity contribution in [3.63, 3.8) is 0 Å². The highest BCUT2D eigenvalue weighted by Gasteiger charge is 2.13. The highest BCUT2D eigenvalue weighted by Crippen LogP contribution is 2.25. The van der Waals surface area contributed by atoms with E-state index in [1.54, 1.807) is 0 Å². The van der Waals surface area contributed by atoms with Gasteiger partial charge >= 0.3 is 0 Å². The number of rotatable bonds is 2. The number of para-hydroxylation sites is 1. The summed E-state index contributed by atoms with van der Waals surface area (Å²) in [4.78, 5) is 2.49. The zero-order valence-electron chi connectivity index (χ0n) is 8.08. The molecular formula is C11H14BrNS. The van der Waals surface area contributed by atoms with Crippen LogP contribution in [-0.2, 0) is 5.33 Å². The molecule has 14 heavy (non-hydrogen) atoms. The summed E-state index contributed by atoms with van der Waals surface area (Å²) in [7, 11) is 0. The van der Waals surface area contributed by atoms with E-state index in [0.717, 1.165) is 5.33 Å². The first kappa shape index (κ1) is 10.4. The van der Waals surface area contributed by atoms with Crippen molar-refractivity contribution >= 4 is 33.4 Å². The predicted octanol–water partition coefficient (Wildman–Crippen LogP) is 3.13. The lowest BCUT2D eigenvalue weighted by atomic mass is 10.2. The van der Waals surface area contributed by atoms with Crippen LogP contribution in [0.5, 0.6) is 0 Å². The molecule has 1 heterocycles. The Morgan fingerprint density at radius 1 is 1.21 bits per heavy atom. The lowest BCUT2D eigenvalue weighted by Crippen LogP contribution is -2.32. The molecule has 0 N–H and O–H groups in total. The van der Waals surface area contributed by atoms with Crippen LogP contribution in [0.15, 0.2) is 24.3 Å². The van der Waals surface area contributed by atoms with E-state index in [4.69, 9.17) is 0 Å². The molecule has 0 aliphatic carbocycles. The fraction of sp³-hybridized carbons (Fsp3) is 0.455. The molecule has 1 saturated heterocycles. The Hall–Kier alpha value is -0.150. The van der Waals surface area contributed by atoms with Crippen molar-refractivity contribution in [1.29, 1.82) is 0 Å². The number of alkyl halides is 1. The Morgan fingerprint density at radius 2 is 1.93 bits per heavy atom. The van der Waals surface area contributed by atoms with E-state index in [0.29, 0.717) is 0 Å². The average Bonchev–Trinajstić information content (AvgIpc) is 2.30. The van der Waals surface area contributed by atoms with Gasteiger partial charge in [-0.3, -0.25) is 0 Å². The summed E-state index contributed by atoms with van der Waals surface area (Å²) in [5.74, 6) is 2.52. The minimum absolute atomic E-state index is 0.951. The Morgan fingerprint density at radius 3 is 2.64 bits per heavy atom. The summed E-state index contributed by atoms with van der Waals surface area (Å²) in [5, 5.41) is 0.951. The van der Waals surface area contributed by atoms with Gasteiger partial charge in [-0.25, -0.2) is 0 Å². The van der Waals surface area contributed by atoms with Gasteiger partial charge in [0.15, 0.2) is 0 Å². The molecule has 1 nitrogen and oxygen atoms in total. The molecule has 1 aromatic rings. The van der Waals surface area contributed by atoms with Crippen LogP contribution in [0.1, 0.15) is 5.56 Å². The van der Waals surface area contributed by atoms with Crippen molar-refractivity contribution in [3.05, 3.63) is 29.8 Å². The van der Waals surface area contributed by atoms with E-state index < -0.39 is 0 Å². The Kier molecular flexibility index (Phi) is 3.76. The molecule has 0 spiro atoms. The number of nitrogens with zero attached hydrogens (tertiary/aromatic N) is 1. The molecule has 1 fully saturated rings. The highest BCUT2D eigenvalue weighted by atomic mass is 79.9. The highest BCUT2D eigenvalue weighted by molar-refractivity contribution is 9.08. The van der Waals surface area contributed by atoms with Gasteiger partial charge in [0, 0.05) is 35.6 Å². The summed E-state index contributed by atoms with van der Waals surface area (Å²) in [5.41, 5.74) is 2.81. The molecule has 0 atom stereocenters. The zero-order valence-corrected chi connectivity index (χ0v) is 10.5. The van der Waals surface area contributed by atoms with E-state index in [9.17, 15) is 0 Å². The number of halogens is 1. The van der Waals surface area contributed by atoms with Crippen molar-refractivity contribution < 1.29 is 0 Å². The second-order valence-electron chi connectivity index (χ2n) is 3.36. The smallest absolute Gasteiger partial charge is 0.0407 e. The first-order valence-electron chi connectivity index (χ1n) is 4.88. The molecule has 0 saturated carbocycles. The number of thioether (sulfide) groups is 1. The van der Waals surface area contributed by atoms with Crippen LogP contribution in [0, 0.1) is 0 Å². The molecule has 3 heteroatoms. The van der Waals surface area contributed by atoms with E-state index in [2.05, 4.69) is 56.9 Å². The molecule has 76 valence electrons. The first-order chi connectivity index (χ1) is 6.92. The van der Waals surface area contributed by atoms with Crippen molar-refractivity contribution in [2.45, 2.75) is 5.33 Å². The quantitative estimate of drug-likeness (QED) is 0.761. The van der Waals surface area contributed by atoms with Gasteiger partial charge in [0.05, 0.1) is 0 Å². The van der Waals surface area contributed by atoms with Gasteiger partial charge in [0.1, 0.15) is 0 Å². The SMILES string of the molecule is BrCc1ccccc1N1CCSCC1. The van der Waals surface area contributed by atoms with Crippen molar-refractivity contribution in [2.24, 2.45) is 0 Å². The normalized spacial score (nSPS) is 17.1. The summed E-state index contributed by atoms with van der Waals surface area (Å²) in [6.45, 7) is 2.38. The van der Waals surface area contributed by atoms with Gasteiger partial charge in [-0.15, -0.1) is 0 Å². The molecule has 2 rings (SSSR count). The summed E-state index contributed by atoms with van der Waals surface area (Å²) in [6, 6.07) is 8.67. The largest absolute Gasteiger partial charge is 0.370 e. The molecule has 0 radical (unpaired) electrons. The van der Waals surface area contributed by atoms with Crippen LogP contribution in [0.3, 0.4) is 0 Å². The molecule has 0 amide bonds. The van der Waals surface area contributed by atoms with Crippen LogP contribution in [0.4, 0.5) is 5.69 Å². The Balaban J connectivity index is 2.20. The third-order valence-electron chi connectivity index (χ3n) is 2.49. The van der Waals surface area contributed by atoms with Crippen LogP contribution < -0.4 is 4.90 Å². The van der Waals surface area contributed by atoms with E-state index >= 15 is 0 Å². The maximum absolute atomic E-state index is 3.54. The van der Waals surface area contributed by atoms with Crippen LogP contribution in [0.25, 0.3) is 0 Å². The second-order valence-corrected chi connectivity index (χ2v) is 5.15. The van der Waals surface area contributed by atoms with Gasteiger partial charge < -0.3 is 4.90 Å². The molecule has 0 bridgehead atoms. The third-order valence-corrected chi connectivity index (χ3v) is 4.03. The van der Waals surface area contributed by atoms with Crippen LogP contribution in [0.2, 0.25) is 0 Å². The monoisotopic (exact) mass is 271 g/mol. The number of anilines is 1. The Bertz CT molecular complexity index is 297. The van der Waals surface area contributed by atoms with Crippen molar-refractivity contribution in [3.8, 4) is 0 Å². The van der Waals surface area contributed by atoms with Gasteiger partial charge in [-0.05, 0) is 11.6 Å². The van der Waals surface area contributed by atoms with Crippen LogP contribution >= 0.6 is 27.7 Å². The summed E-state index contributed by atoms with van der Waals surface area (Å²) < 4.78 is 0. The lowest BCUT2D eigenvalue weighted by molar-refractivity contribution is 0.854. The first-order valence-corrected chi connectivity index (χ1v) is 7.16. The van der Waals surface area contributed by atoms with Crippen molar-refractivity contribution in [1.82, 2.24) is 0 Å². The topological polar surface area (TPSA) is 3.24 Å². The van der Waals surface area contributed by atoms with E-state index in [1.165, 1.54) is 35.8 Å². The molecule has 0 aromatic heterocycles. The third kappa shape index (κ3) is 2.26. The average molecular weight is 272 g/mol. The fourth-order valence-corrected chi connectivity index (χ4v) is 3.11. The molecule has 0 unspecified atom stereocenters. The number of hydrogen-bond donors (Lipinski definition) is 0. The number of benzene rings is 1.